The molecule has 0 N–H and O–H groups in total. The monoisotopic (exact) mass is 572 g/mol. The number of nitrogens with zero attached hydrogens (tertiary/aromatic N) is 2. The summed E-state index contributed by atoms with van der Waals surface area (Å²) in [6.07, 6.45) is 0. The van der Waals surface area contributed by atoms with E-state index in [9.17, 15) is 0 Å². The Morgan fingerprint density at radius 3 is 1.00 bits per heavy atom. The van der Waals surface area contributed by atoms with Crippen molar-refractivity contribution in [1.82, 2.24) is 0 Å². The third kappa shape index (κ3) is 5.76. The van der Waals surface area contributed by atoms with Gasteiger partial charge in [0.2, 0.25) is 0 Å². The number of para-hydroxylation sites is 2. The molecule has 0 unspecified atom stereocenters. The predicted molar refractivity (Wildman–Crippen MR) is 190 cm³/mol. The molecule has 0 aliphatic rings. The summed E-state index contributed by atoms with van der Waals surface area (Å²) in [6, 6.07) is 48.5. The van der Waals surface area contributed by atoms with Crippen molar-refractivity contribution >= 4 is 34.1 Å². The molecule has 44 heavy (non-hydrogen) atoms. The van der Waals surface area contributed by atoms with E-state index in [2.05, 4.69) is 185 Å². The number of aryl methyl sites for hydroxylation is 6. The highest BCUT2D eigenvalue weighted by molar-refractivity contribution is 5.84. The van der Waals surface area contributed by atoms with Gasteiger partial charge in [-0.2, -0.15) is 0 Å². The highest BCUT2D eigenvalue weighted by Gasteiger charge is 2.19. The summed E-state index contributed by atoms with van der Waals surface area (Å²) < 4.78 is 0. The number of rotatable bonds is 7. The van der Waals surface area contributed by atoms with E-state index in [0.717, 1.165) is 11.4 Å². The topological polar surface area (TPSA) is 6.48 Å². The standard InChI is InChI=1S/C42H40N2/c1-29-15-21-37(22-16-29)43(39-13-9-7-11-31(39)3)41-25-19-35(27-33(41)5)36-20-26-42(34(6)28-36)44(38-23-17-30(2)18-24-38)40-14-10-8-12-32(40)4/h7-28H,1-6H3. The van der Waals surface area contributed by atoms with E-state index < -0.39 is 0 Å². The maximum absolute atomic E-state index is 2.38. The zero-order valence-electron chi connectivity index (χ0n) is 26.6. The van der Waals surface area contributed by atoms with Gasteiger partial charge in [-0.05, 0) is 136 Å². The molecule has 2 nitrogen and oxygen atoms in total. The fourth-order valence-electron chi connectivity index (χ4n) is 6.00. The Balaban J connectivity index is 1.40. The summed E-state index contributed by atoms with van der Waals surface area (Å²) in [7, 11) is 0. The van der Waals surface area contributed by atoms with E-state index in [4.69, 9.17) is 0 Å². The molecule has 0 saturated carbocycles. The van der Waals surface area contributed by atoms with E-state index in [-0.39, 0.29) is 0 Å². The summed E-state index contributed by atoms with van der Waals surface area (Å²) in [5.41, 5.74) is 17.0. The third-order valence-electron chi connectivity index (χ3n) is 8.51. The van der Waals surface area contributed by atoms with E-state index in [1.807, 2.05) is 0 Å². The summed E-state index contributed by atoms with van der Waals surface area (Å²) in [6.45, 7) is 13.1. The van der Waals surface area contributed by atoms with Crippen molar-refractivity contribution in [3.63, 3.8) is 0 Å². The van der Waals surface area contributed by atoms with Crippen LogP contribution in [0.15, 0.2) is 133 Å². The van der Waals surface area contributed by atoms with Crippen LogP contribution in [0.25, 0.3) is 11.1 Å². The number of hydrogen-bond donors (Lipinski definition) is 0. The normalized spacial score (nSPS) is 11.0. The molecule has 6 aromatic rings. The van der Waals surface area contributed by atoms with Crippen molar-refractivity contribution in [3.8, 4) is 11.1 Å². The van der Waals surface area contributed by atoms with Crippen LogP contribution in [0, 0.1) is 41.5 Å². The molecule has 0 atom stereocenters. The van der Waals surface area contributed by atoms with Crippen LogP contribution in [-0.4, -0.2) is 0 Å². The Labute approximate surface area is 262 Å². The number of benzene rings is 6. The first-order valence-corrected chi connectivity index (χ1v) is 15.4. The van der Waals surface area contributed by atoms with Gasteiger partial charge >= 0.3 is 0 Å². The first-order chi connectivity index (χ1) is 21.3. The molecule has 0 amide bonds. The minimum absolute atomic E-state index is 1.16. The van der Waals surface area contributed by atoms with E-state index >= 15 is 0 Å². The molecule has 218 valence electrons. The minimum atomic E-state index is 1.16. The fourth-order valence-corrected chi connectivity index (χ4v) is 6.00. The minimum Gasteiger partial charge on any atom is -0.310 e. The Morgan fingerprint density at radius 2 is 0.659 bits per heavy atom. The molecule has 0 bridgehead atoms. The van der Waals surface area contributed by atoms with Gasteiger partial charge < -0.3 is 9.80 Å². The lowest BCUT2D eigenvalue weighted by Gasteiger charge is -2.29. The van der Waals surface area contributed by atoms with Crippen LogP contribution in [0.1, 0.15) is 33.4 Å². The molecule has 0 aromatic heterocycles. The molecular weight excluding hydrogens is 532 g/mol. The van der Waals surface area contributed by atoms with Crippen LogP contribution in [-0.2, 0) is 0 Å². The maximum Gasteiger partial charge on any atom is 0.0491 e. The van der Waals surface area contributed by atoms with Crippen molar-refractivity contribution < 1.29 is 0 Å². The molecule has 0 aliphatic carbocycles. The average Bonchev–Trinajstić information content (AvgIpc) is 3.02. The SMILES string of the molecule is Cc1ccc(N(c2ccccc2C)c2ccc(-c3ccc(N(c4ccc(C)cc4)c4ccccc4C)c(C)c3)cc2C)cc1. The smallest absolute Gasteiger partial charge is 0.0491 e. The van der Waals surface area contributed by atoms with Gasteiger partial charge in [0.1, 0.15) is 0 Å². The van der Waals surface area contributed by atoms with Crippen molar-refractivity contribution in [3.05, 3.63) is 167 Å². The van der Waals surface area contributed by atoms with Gasteiger partial charge in [0.15, 0.2) is 0 Å². The lowest BCUT2D eigenvalue weighted by atomic mass is 9.98. The molecule has 0 fully saturated rings. The lowest BCUT2D eigenvalue weighted by molar-refractivity contribution is 1.22. The van der Waals surface area contributed by atoms with Crippen LogP contribution < -0.4 is 9.80 Å². The first kappa shape index (κ1) is 29.0. The quantitative estimate of drug-likeness (QED) is 0.188. The van der Waals surface area contributed by atoms with E-state index in [0.29, 0.717) is 0 Å². The molecule has 0 radical (unpaired) electrons. The third-order valence-corrected chi connectivity index (χ3v) is 8.51. The van der Waals surface area contributed by atoms with Crippen molar-refractivity contribution in [1.29, 1.82) is 0 Å². The lowest BCUT2D eigenvalue weighted by Crippen LogP contribution is -2.13. The number of anilines is 6. The van der Waals surface area contributed by atoms with Crippen molar-refractivity contribution in [2.75, 3.05) is 9.80 Å². The van der Waals surface area contributed by atoms with E-state index in [1.165, 1.54) is 67.3 Å². The highest BCUT2D eigenvalue weighted by Crippen LogP contribution is 2.42. The number of hydrogen-bond acceptors (Lipinski definition) is 2. The summed E-state index contributed by atoms with van der Waals surface area (Å²) in [5.74, 6) is 0. The first-order valence-electron chi connectivity index (χ1n) is 15.4. The van der Waals surface area contributed by atoms with Gasteiger partial charge in [-0.3, -0.25) is 0 Å². The summed E-state index contributed by atoms with van der Waals surface area (Å²) >= 11 is 0. The molecule has 0 aliphatic heterocycles. The van der Waals surface area contributed by atoms with Crippen LogP contribution in [0.3, 0.4) is 0 Å². The Kier molecular flexibility index (Phi) is 8.09. The van der Waals surface area contributed by atoms with Crippen LogP contribution >= 0.6 is 0 Å². The highest BCUT2D eigenvalue weighted by atomic mass is 15.2. The second-order valence-corrected chi connectivity index (χ2v) is 11.9. The molecule has 6 aromatic carbocycles. The summed E-state index contributed by atoms with van der Waals surface area (Å²) in [5, 5.41) is 0. The Bertz CT molecular complexity index is 1770. The van der Waals surface area contributed by atoms with Gasteiger partial charge in [-0.1, -0.05) is 83.9 Å². The molecule has 6 rings (SSSR count). The van der Waals surface area contributed by atoms with Gasteiger partial charge in [-0.25, -0.2) is 0 Å². The fraction of sp³-hybridized carbons (Fsp3) is 0.143. The Hall–Kier alpha value is -5.08. The molecule has 0 saturated heterocycles. The zero-order chi connectivity index (χ0) is 30.8. The van der Waals surface area contributed by atoms with Gasteiger partial charge in [0, 0.05) is 34.1 Å². The van der Waals surface area contributed by atoms with Gasteiger partial charge in [-0.15, -0.1) is 0 Å². The molecule has 0 spiro atoms. The van der Waals surface area contributed by atoms with E-state index in [1.54, 1.807) is 0 Å². The van der Waals surface area contributed by atoms with Crippen LogP contribution in [0.2, 0.25) is 0 Å². The molecular formula is C42H40N2. The van der Waals surface area contributed by atoms with Gasteiger partial charge in [0.25, 0.3) is 0 Å². The zero-order valence-corrected chi connectivity index (χ0v) is 26.6. The van der Waals surface area contributed by atoms with Crippen LogP contribution in [0.5, 0.6) is 0 Å². The second kappa shape index (κ2) is 12.3. The molecule has 2 heteroatoms. The Morgan fingerprint density at radius 1 is 0.318 bits per heavy atom. The largest absolute Gasteiger partial charge is 0.310 e. The second-order valence-electron chi connectivity index (χ2n) is 11.9. The molecule has 0 heterocycles. The van der Waals surface area contributed by atoms with Crippen molar-refractivity contribution in [2.24, 2.45) is 0 Å². The summed E-state index contributed by atoms with van der Waals surface area (Å²) in [4.78, 5) is 4.76. The van der Waals surface area contributed by atoms with Crippen molar-refractivity contribution in [2.45, 2.75) is 41.5 Å². The average molecular weight is 573 g/mol. The predicted octanol–water partition coefficient (Wildman–Crippen LogP) is 12.1. The van der Waals surface area contributed by atoms with Gasteiger partial charge in [0.05, 0.1) is 0 Å². The van der Waals surface area contributed by atoms with Crippen LogP contribution in [0.4, 0.5) is 34.1 Å². The maximum atomic E-state index is 2.38.